The van der Waals surface area contributed by atoms with Gasteiger partial charge in [0.15, 0.2) is 17.5 Å². The number of urea groups is 1. The summed E-state index contributed by atoms with van der Waals surface area (Å²) in [5, 5.41) is 9.32. The molecule has 9 heteroatoms. The number of nitrogens with zero attached hydrogens (tertiary/aromatic N) is 2. The van der Waals surface area contributed by atoms with E-state index in [-0.39, 0.29) is 18.1 Å². The molecule has 1 aliphatic carbocycles. The Morgan fingerprint density at radius 1 is 1.12 bits per heavy atom. The number of carbonyl (C=O) groups excluding carboxylic acids is 1. The number of amides is 2. The van der Waals surface area contributed by atoms with Gasteiger partial charge in [-0.05, 0) is 12.8 Å². The van der Waals surface area contributed by atoms with Crippen LogP contribution >= 0.6 is 0 Å². The molecular formula is C17H18F4N4O. The highest BCUT2D eigenvalue weighted by atomic mass is 19.2. The molecule has 1 fully saturated rings. The maximum Gasteiger partial charge on any atom is 0.319 e. The third-order valence-corrected chi connectivity index (χ3v) is 4.36. The summed E-state index contributed by atoms with van der Waals surface area (Å²) in [6.07, 6.45) is 7.84. The Hall–Kier alpha value is -2.58. The van der Waals surface area contributed by atoms with Gasteiger partial charge in [0, 0.05) is 23.9 Å². The standard InChI is InChI=1S/C17H18F4N4O/c18-13-6-14(19)16(21)15(20)12(13)9-25-8-11(7-22-25)24-17(26)23-10-4-2-1-3-5-10/h6-8,10H,1-5,9H2,(H2,23,24,26). The Morgan fingerprint density at radius 2 is 1.85 bits per heavy atom. The normalized spacial score (nSPS) is 15.1. The van der Waals surface area contributed by atoms with Crippen LogP contribution in [0.3, 0.4) is 0 Å². The van der Waals surface area contributed by atoms with Crippen LogP contribution in [0.25, 0.3) is 0 Å². The lowest BCUT2D eigenvalue weighted by molar-refractivity contribution is 0.244. The zero-order valence-electron chi connectivity index (χ0n) is 13.9. The van der Waals surface area contributed by atoms with Gasteiger partial charge in [-0.3, -0.25) is 4.68 Å². The van der Waals surface area contributed by atoms with Crippen molar-refractivity contribution in [1.29, 1.82) is 0 Å². The second-order valence-corrected chi connectivity index (χ2v) is 6.31. The van der Waals surface area contributed by atoms with Gasteiger partial charge < -0.3 is 10.6 Å². The molecule has 2 N–H and O–H groups in total. The first-order valence-corrected chi connectivity index (χ1v) is 8.36. The Bertz CT molecular complexity index is 802. The number of carbonyl (C=O) groups is 1. The molecule has 1 heterocycles. The average Bonchev–Trinajstić information content (AvgIpc) is 3.04. The Labute approximate surface area is 147 Å². The fraction of sp³-hybridized carbons (Fsp3) is 0.412. The van der Waals surface area contributed by atoms with Crippen molar-refractivity contribution in [3.63, 3.8) is 0 Å². The van der Waals surface area contributed by atoms with Gasteiger partial charge in [-0.2, -0.15) is 5.10 Å². The molecule has 0 spiro atoms. The largest absolute Gasteiger partial charge is 0.335 e. The lowest BCUT2D eigenvalue weighted by atomic mass is 9.96. The zero-order valence-corrected chi connectivity index (χ0v) is 13.9. The molecule has 1 aromatic carbocycles. The quantitative estimate of drug-likeness (QED) is 0.487. The molecule has 140 valence electrons. The maximum atomic E-state index is 13.7. The molecule has 26 heavy (non-hydrogen) atoms. The monoisotopic (exact) mass is 370 g/mol. The average molecular weight is 370 g/mol. The summed E-state index contributed by atoms with van der Waals surface area (Å²) in [7, 11) is 0. The maximum absolute atomic E-state index is 13.7. The van der Waals surface area contributed by atoms with Crippen molar-refractivity contribution in [2.75, 3.05) is 5.32 Å². The van der Waals surface area contributed by atoms with Crippen molar-refractivity contribution in [2.45, 2.75) is 44.7 Å². The highest BCUT2D eigenvalue weighted by Crippen LogP contribution is 2.21. The molecule has 3 rings (SSSR count). The Morgan fingerprint density at radius 3 is 2.58 bits per heavy atom. The minimum absolute atomic E-state index is 0.129. The fourth-order valence-electron chi connectivity index (χ4n) is 3.02. The smallest absolute Gasteiger partial charge is 0.319 e. The summed E-state index contributed by atoms with van der Waals surface area (Å²) in [5.74, 6) is -6.13. The zero-order chi connectivity index (χ0) is 18.7. The lowest BCUT2D eigenvalue weighted by Gasteiger charge is -2.22. The number of aromatic nitrogens is 2. The molecule has 1 aliphatic rings. The van der Waals surface area contributed by atoms with Crippen LogP contribution in [0.4, 0.5) is 28.0 Å². The van der Waals surface area contributed by atoms with Crippen molar-refractivity contribution in [3.05, 3.63) is 47.3 Å². The highest BCUT2D eigenvalue weighted by Gasteiger charge is 2.20. The first kappa shape index (κ1) is 18.2. The van der Waals surface area contributed by atoms with Gasteiger partial charge in [0.05, 0.1) is 18.4 Å². The molecule has 0 bridgehead atoms. The predicted octanol–water partition coefficient (Wildman–Crippen LogP) is 3.94. The van der Waals surface area contributed by atoms with Crippen LogP contribution in [0.1, 0.15) is 37.7 Å². The minimum atomic E-state index is -1.74. The number of halogens is 4. The van der Waals surface area contributed by atoms with Crippen LogP contribution in [0, 0.1) is 23.3 Å². The van der Waals surface area contributed by atoms with Crippen LogP contribution in [0.5, 0.6) is 0 Å². The summed E-state index contributed by atoms with van der Waals surface area (Å²) < 4.78 is 54.7. The van der Waals surface area contributed by atoms with E-state index in [1.165, 1.54) is 18.8 Å². The number of nitrogens with one attached hydrogen (secondary N) is 2. The number of rotatable bonds is 4. The van der Waals surface area contributed by atoms with Gasteiger partial charge in [-0.1, -0.05) is 19.3 Å². The van der Waals surface area contributed by atoms with Crippen LogP contribution in [-0.4, -0.2) is 21.9 Å². The van der Waals surface area contributed by atoms with E-state index in [0.29, 0.717) is 5.69 Å². The van der Waals surface area contributed by atoms with Gasteiger partial charge >= 0.3 is 6.03 Å². The van der Waals surface area contributed by atoms with Gasteiger partial charge in [-0.25, -0.2) is 22.4 Å². The van der Waals surface area contributed by atoms with Gasteiger partial charge in [0.1, 0.15) is 5.82 Å². The molecular weight excluding hydrogens is 352 g/mol. The third kappa shape index (κ3) is 4.14. The van der Waals surface area contributed by atoms with Crippen molar-refractivity contribution in [2.24, 2.45) is 0 Å². The van der Waals surface area contributed by atoms with Gasteiger partial charge in [-0.15, -0.1) is 0 Å². The molecule has 1 aromatic heterocycles. The molecule has 0 saturated heterocycles. The van der Waals surface area contributed by atoms with Crippen molar-refractivity contribution in [1.82, 2.24) is 15.1 Å². The topological polar surface area (TPSA) is 59.0 Å². The Kier molecular flexibility index (Phi) is 5.43. The summed E-state index contributed by atoms with van der Waals surface area (Å²) in [5.41, 5.74) is -0.327. The second kappa shape index (κ2) is 7.76. The molecule has 0 aliphatic heterocycles. The minimum Gasteiger partial charge on any atom is -0.335 e. The predicted molar refractivity (Wildman–Crippen MR) is 86.6 cm³/mol. The summed E-state index contributed by atoms with van der Waals surface area (Å²) in [6, 6.07) is 0.0272. The number of anilines is 1. The Balaban J connectivity index is 1.63. The van der Waals surface area contributed by atoms with Crippen LogP contribution in [-0.2, 0) is 6.54 Å². The fourth-order valence-corrected chi connectivity index (χ4v) is 3.02. The third-order valence-electron chi connectivity index (χ3n) is 4.36. The molecule has 5 nitrogen and oxygen atoms in total. The first-order valence-electron chi connectivity index (χ1n) is 8.36. The van der Waals surface area contributed by atoms with Crippen LogP contribution in [0.2, 0.25) is 0 Å². The molecule has 0 unspecified atom stereocenters. The van der Waals surface area contributed by atoms with Crippen LogP contribution in [0.15, 0.2) is 18.5 Å². The number of hydrogen-bond donors (Lipinski definition) is 2. The molecule has 2 aromatic rings. The van der Waals surface area contributed by atoms with E-state index in [0.717, 1.165) is 30.4 Å². The molecule has 0 atom stereocenters. The first-order chi connectivity index (χ1) is 12.4. The van der Waals surface area contributed by atoms with Crippen LogP contribution < -0.4 is 10.6 Å². The lowest BCUT2D eigenvalue weighted by Crippen LogP contribution is -2.38. The van der Waals surface area contributed by atoms with Gasteiger partial charge in [0.25, 0.3) is 0 Å². The summed E-state index contributed by atoms with van der Waals surface area (Å²) in [6.45, 7) is -0.444. The highest BCUT2D eigenvalue weighted by molar-refractivity contribution is 5.89. The summed E-state index contributed by atoms with van der Waals surface area (Å²) in [4.78, 5) is 12.0. The van der Waals surface area contributed by atoms with E-state index < -0.39 is 35.4 Å². The molecule has 1 saturated carbocycles. The molecule has 2 amide bonds. The summed E-state index contributed by atoms with van der Waals surface area (Å²) >= 11 is 0. The van der Waals surface area contributed by atoms with Crippen molar-refractivity contribution >= 4 is 11.7 Å². The van der Waals surface area contributed by atoms with Crippen molar-refractivity contribution in [3.8, 4) is 0 Å². The van der Waals surface area contributed by atoms with Crippen molar-refractivity contribution < 1.29 is 22.4 Å². The van der Waals surface area contributed by atoms with E-state index in [1.54, 1.807) is 0 Å². The van der Waals surface area contributed by atoms with E-state index >= 15 is 0 Å². The number of benzene rings is 1. The van der Waals surface area contributed by atoms with E-state index in [9.17, 15) is 22.4 Å². The second-order valence-electron chi connectivity index (χ2n) is 6.31. The van der Waals surface area contributed by atoms with Gasteiger partial charge in [0.2, 0.25) is 0 Å². The SMILES string of the molecule is O=C(Nc1cnn(Cc2c(F)cc(F)c(F)c2F)c1)NC1CCCCC1. The molecule has 0 radical (unpaired) electrons. The van der Waals surface area contributed by atoms with E-state index in [2.05, 4.69) is 15.7 Å². The van der Waals surface area contributed by atoms with E-state index in [4.69, 9.17) is 0 Å². The number of hydrogen-bond acceptors (Lipinski definition) is 2. The van der Waals surface area contributed by atoms with E-state index in [1.807, 2.05) is 0 Å².